The Kier molecular flexibility index (Phi) is 7.40. The number of likely N-dealkylation sites (tertiary alicyclic amines) is 1. The van der Waals surface area contributed by atoms with E-state index in [-0.39, 0.29) is 43.9 Å². The first-order valence-electron chi connectivity index (χ1n) is 12.1. The van der Waals surface area contributed by atoms with Crippen molar-refractivity contribution in [2.24, 2.45) is 11.8 Å². The molecule has 3 N–H and O–H groups in total. The Labute approximate surface area is 204 Å². The number of β-amino-alcohol motifs (C(OH)–C–C–N with tert-alkyl or cyclic N) is 1. The number of ether oxygens (including phenoxy) is 1. The zero-order valence-electron chi connectivity index (χ0n) is 20.0. The molecule has 3 unspecified atom stereocenters. The molecule has 2 amide bonds. The minimum atomic E-state index is -1.14. The summed E-state index contributed by atoms with van der Waals surface area (Å²) < 4.78 is 5.57. The van der Waals surface area contributed by atoms with Gasteiger partial charge in [0.2, 0.25) is 5.91 Å². The third-order valence-corrected chi connectivity index (χ3v) is 6.79. The summed E-state index contributed by atoms with van der Waals surface area (Å²) in [4.78, 5) is 38.5. The SMILES string of the molecule is CC(C)CC(CNC(=O)OCC1c2ccccc2-c2ccccc21)C(=O)N1CC(O)CC1C(=O)O. The van der Waals surface area contributed by atoms with Crippen LogP contribution < -0.4 is 5.32 Å². The lowest BCUT2D eigenvalue weighted by Gasteiger charge is -2.27. The maximum atomic E-state index is 13.2. The van der Waals surface area contributed by atoms with E-state index in [1.54, 1.807) is 0 Å². The molecule has 0 bridgehead atoms. The highest BCUT2D eigenvalue weighted by atomic mass is 16.5. The second kappa shape index (κ2) is 10.5. The molecule has 1 heterocycles. The lowest BCUT2D eigenvalue weighted by molar-refractivity contribution is -0.150. The van der Waals surface area contributed by atoms with Crippen LogP contribution in [0.1, 0.15) is 43.7 Å². The number of amides is 2. The van der Waals surface area contributed by atoms with Crippen molar-refractivity contribution >= 4 is 18.0 Å². The van der Waals surface area contributed by atoms with Crippen LogP contribution in [0.4, 0.5) is 4.79 Å². The summed E-state index contributed by atoms with van der Waals surface area (Å²) in [5, 5.41) is 22.1. The highest BCUT2D eigenvalue weighted by Gasteiger charge is 2.41. The number of carboxylic acids is 1. The number of carbonyl (C=O) groups excluding carboxylic acids is 2. The van der Waals surface area contributed by atoms with Crippen molar-refractivity contribution < 1.29 is 29.3 Å². The van der Waals surface area contributed by atoms with Gasteiger partial charge in [0.05, 0.1) is 12.0 Å². The molecular weight excluding hydrogens is 448 g/mol. The van der Waals surface area contributed by atoms with Crippen LogP contribution in [0.5, 0.6) is 0 Å². The molecule has 1 fully saturated rings. The van der Waals surface area contributed by atoms with Crippen LogP contribution in [-0.4, -0.2) is 64.9 Å². The smallest absolute Gasteiger partial charge is 0.407 e. The van der Waals surface area contributed by atoms with Gasteiger partial charge in [-0.25, -0.2) is 9.59 Å². The largest absolute Gasteiger partial charge is 0.480 e. The first kappa shape index (κ1) is 24.7. The van der Waals surface area contributed by atoms with E-state index in [2.05, 4.69) is 17.4 Å². The highest BCUT2D eigenvalue weighted by Crippen LogP contribution is 2.44. The van der Waals surface area contributed by atoms with Crippen LogP contribution in [-0.2, 0) is 14.3 Å². The van der Waals surface area contributed by atoms with Gasteiger partial charge >= 0.3 is 12.1 Å². The molecule has 8 heteroatoms. The van der Waals surface area contributed by atoms with Gasteiger partial charge in [-0.15, -0.1) is 0 Å². The van der Waals surface area contributed by atoms with Crippen LogP contribution in [0.2, 0.25) is 0 Å². The summed E-state index contributed by atoms with van der Waals surface area (Å²) in [5.41, 5.74) is 4.50. The molecule has 3 atom stereocenters. The number of carbonyl (C=O) groups is 3. The van der Waals surface area contributed by atoms with Gasteiger partial charge in [-0.2, -0.15) is 0 Å². The molecule has 186 valence electrons. The third-order valence-electron chi connectivity index (χ3n) is 6.79. The topological polar surface area (TPSA) is 116 Å². The number of rotatable bonds is 8. The number of nitrogens with one attached hydrogen (secondary N) is 1. The second-order valence-electron chi connectivity index (χ2n) is 9.77. The molecule has 2 aromatic rings. The van der Waals surface area contributed by atoms with E-state index in [9.17, 15) is 24.6 Å². The first-order chi connectivity index (χ1) is 16.8. The van der Waals surface area contributed by atoms with Crippen molar-refractivity contribution in [2.75, 3.05) is 19.7 Å². The van der Waals surface area contributed by atoms with Gasteiger partial charge in [-0.3, -0.25) is 4.79 Å². The average Bonchev–Trinajstić information content (AvgIpc) is 3.38. The third kappa shape index (κ3) is 5.32. The maximum Gasteiger partial charge on any atom is 0.407 e. The summed E-state index contributed by atoms with van der Waals surface area (Å²) in [7, 11) is 0. The predicted octanol–water partition coefficient (Wildman–Crippen LogP) is 3.23. The number of aliphatic hydroxyl groups excluding tert-OH is 1. The van der Waals surface area contributed by atoms with Gasteiger partial charge in [0.15, 0.2) is 0 Å². The molecule has 0 aromatic heterocycles. The van der Waals surface area contributed by atoms with Crippen molar-refractivity contribution in [2.45, 2.75) is 44.8 Å². The van der Waals surface area contributed by atoms with Gasteiger partial charge in [-0.05, 0) is 34.6 Å². The van der Waals surface area contributed by atoms with Gasteiger partial charge in [-0.1, -0.05) is 62.4 Å². The number of aliphatic hydroxyl groups is 1. The van der Waals surface area contributed by atoms with Crippen LogP contribution in [0, 0.1) is 11.8 Å². The Morgan fingerprint density at radius 2 is 1.66 bits per heavy atom. The predicted molar refractivity (Wildman–Crippen MR) is 130 cm³/mol. The molecule has 2 aliphatic rings. The number of fused-ring (bicyclic) bond motifs is 3. The summed E-state index contributed by atoms with van der Waals surface area (Å²) >= 11 is 0. The highest BCUT2D eigenvalue weighted by molar-refractivity contribution is 5.86. The molecule has 0 spiro atoms. The Hall–Kier alpha value is -3.39. The zero-order chi connectivity index (χ0) is 25.1. The Morgan fingerprint density at radius 1 is 1.06 bits per heavy atom. The van der Waals surface area contributed by atoms with Crippen LogP contribution in [0.15, 0.2) is 48.5 Å². The Balaban J connectivity index is 1.38. The lowest BCUT2D eigenvalue weighted by Crippen LogP contribution is -2.47. The monoisotopic (exact) mass is 480 g/mol. The minimum absolute atomic E-state index is 0.00921. The number of carboxylic acid groups (broad SMARTS) is 1. The molecule has 1 aliphatic carbocycles. The number of nitrogens with zero attached hydrogens (tertiary/aromatic N) is 1. The number of alkyl carbamates (subject to hydrolysis) is 1. The van der Waals surface area contributed by atoms with E-state index in [4.69, 9.17) is 4.74 Å². The van der Waals surface area contributed by atoms with E-state index in [1.165, 1.54) is 4.90 Å². The number of benzene rings is 2. The van der Waals surface area contributed by atoms with Crippen molar-refractivity contribution in [3.63, 3.8) is 0 Å². The van der Waals surface area contributed by atoms with Crippen LogP contribution in [0.25, 0.3) is 11.1 Å². The van der Waals surface area contributed by atoms with E-state index in [0.29, 0.717) is 6.42 Å². The molecule has 0 saturated carbocycles. The standard InChI is InChI=1S/C27H32N2O6/c1-16(2)11-17(25(31)29-14-18(30)12-24(29)26(32)33)13-28-27(34)35-15-23-21-9-5-3-7-19(21)20-8-4-6-10-22(20)23/h3-10,16-18,23-24,30H,11-15H2,1-2H3,(H,28,34)(H,32,33). The van der Waals surface area contributed by atoms with Gasteiger partial charge in [0, 0.05) is 25.4 Å². The van der Waals surface area contributed by atoms with E-state index < -0.39 is 30.1 Å². The average molecular weight is 481 g/mol. The molecule has 4 rings (SSSR count). The van der Waals surface area contributed by atoms with Crippen molar-refractivity contribution in [1.82, 2.24) is 10.2 Å². The van der Waals surface area contributed by atoms with Crippen LogP contribution >= 0.6 is 0 Å². The number of aliphatic carboxylic acids is 1. The van der Waals surface area contributed by atoms with Crippen LogP contribution in [0.3, 0.4) is 0 Å². The summed E-state index contributed by atoms with van der Waals surface area (Å²) in [6, 6.07) is 15.1. The first-order valence-corrected chi connectivity index (χ1v) is 12.1. The van der Waals surface area contributed by atoms with E-state index in [1.807, 2.05) is 50.2 Å². The van der Waals surface area contributed by atoms with E-state index >= 15 is 0 Å². The molecule has 35 heavy (non-hydrogen) atoms. The molecule has 1 saturated heterocycles. The maximum absolute atomic E-state index is 13.2. The fourth-order valence-electron chi connectivity index (χ4n) is 5.22. The lowest BCUT2D eigenvalue weighted by atomic mass is 9.95. The Bertz CT molecular complexity index is 1060. The van der Waals surface area contributed by atoms with E-state index in [0.717, 1.165) is 22.3 Å². The normalized spacial score (nSPS) is 19.8. The van der Waals surface area contributed by atoms with Crippen molar-refractivity contribution in [3.05, 3.63) is 59.7 Å². The minimum Gasteiger partial charge on any atom is -0.480 e. The van der Waals surface area contributed by atoms with Gasteiger partial charge in [0.1, 0.15) is 12.6 Å². The second-order valence-corrected chi connectivity index (χ2v) is 9.77. The summed E-state index contributed by atoms with van der Waals surface area (Å²) in [5.74, 6) is -2.03. The quantitative estimate of drug-likeness (QED) is 0.534. The molecule has 2 aromatic carbocycles. The van der Waals surface area contributed by atoms with Crippen molar-refractivity contribution in [1.29, 1.82) is 0 Å². The molecular formula is C27H32N2O6. The molecule has 1 aliphatic heterocycles. The Morgan fingerprint density at radius 3 is 2.23 bits per heavy atom. The number of hydrogen-bond donors (Lipinski definition) is 3. The summed E-state index contributed by atoms with van der Waals surface area (Å²) in [6.07, 6.45) is -1.00. The van der Waals surface area contributed by atoms with Gasteiger partial charge in [0.25, 0.3) is 0 Å². The fourth-order valence-corrected chi connectivity index (χ4v) is 5.22. The molecule has 0 radical (unpaired) electrons. The summed E-state index contributed by atoms with van der Waals surface area (Å²) in [6.45, 7) is 4.10. The zero-order valence-corrected chi connectivity index (χ0v) is 20.0. The fraction of sp³-hybridized carbons (Fsp3) is 0.444. The van der Waals surface area contributed by atoms with Gasteiger partial charge < -0.3 is 25.2 Å². The number of hydrogen-bond acceptors (Lipinski definition) is 5. The van der Waals surface area contributed by atoms with Crippen molar-refractivity contribution in [3.8, 4) is 11.1 Å². The molecule has 8 nitrogen and oxygen atoms in total.